The first kappa shape index (κ1) is 12.1. The molecule has 0 aliphatic heterocycles. The average Bonchev–Trinajstić information content (AvgIpc) is 2.70. The number of aromatic nitrogens is 3. The molecule has 0 fully saturated rings. The molecule has 0 saturated heterocycles. The second-order valence-electron chi connectivity index (χ2n) is 4.67. The van der Waals surface area contributed by atoms with Crippen molar-refractivity contribution in [3.63, 3.8) is 0 Å². The molecule has 0 radical (unpaired) electrons. The van der Waals surface area contributed by atoms with Gasteiger partial charge in [0, 0.05) is 12.1 Å². The van der Waals surface area contributed by atoms with Crippen molar-refractivity contribution in [2.45, 2.75) is 52.4 Å². The molecule has 2 aromatic heterocycles. The summed E-state index contributed by atoms with van der Waals surface area (Å²) in [7, 11) is 0. The first-order chi connectivity index (χ1) is 8.29. The SMILES string of the molecule is CCCCCCCc1nc2nc(C)ccc2[nH]1. The van der Waals surface area contributed by atoms with E-state index in [4.69, 9.17) is 0 Å². The summed E-state index contributed by atoms with van der Waals surface area (Å²) >= 11 is 0. The van der Waals surface area contributed by atoms with Crippen LogP contribution in [0.15, 0.2) is 12.1 Å². The fraction of sp³-hybridized carbons (Fsp3) is 0.571. The largest absolute Gasteiger partial charge is 0.341 e. The van der Waals surface area contributed by atoms with E-state index in [9.17, 15) is 0 Å². The van der Waals surface area contributed by atoms with Gasteiger partial charge in [0.2, 0.25) is 0 Å². The number of aromatic amines is 1. The molecule has 0 amide bonds. The molecule has 0 aliphatic carbocycles. The Kier molecular flexibility index (Phi) is 4.13. The van der Waals surface area contributed by atoms with Crippen molar-refractivity contribution >= 4 is 11.2 Å². The predicted octanol–water partition coefficient (Wildman–Crippen LogP) is 3.78. The maximum Gasteiger partial charge on any atom is 0.177 e. The third-order valence-corrected chi connectivity index (χ3v) is 3.05. The van der Waals surface area contributed by atoms with Gasteiger partial charge in [-0.2, -0.15) is 0 Å². The Labute approximate surface area is 103 Å². The van der Waals surface area contributed by atoms with E-state index in [1.165, 1.54) is 32.1 Å². The van der Waals surface area contributed by atoms with Gasteiger partial charge in [-0.25, -0.2) is 9.97 Å². The summed E-state index contributed by atoms with van der Waals surface area (Å²) < 4.78 is 0. The molecule has 0 aromatic carbocycles. The Morgan fingerprint density at radius 1 is 1.06 bits per heavy atom. The molecule has 0 spiro atoms. The number of hydrogen-bond donors (Lipinski definition) is 1. The number of pyridine rings is 1. The van der Waals surface area contributed by atoms with Gasteiger partial charge in [-0.1, -0.05) is 32.6 Å². The average molecular weight is 231 g/mol. The summed E-state index contributed by atoms with van der Waals surface area (Å²) in [5, 5.41) is 0. The molecule has 0 saturated carbocycles. The molecule has 0 bridgehead atoms. The van der Waals surface area contributed by atoms with Crippen LogP contribution in [0.2, 0.25) is 0 Å². The van der Waals surface area contributed by atoms with Crippen molar-refractivity contribution < 1.29 is 0 Å². The van der Waals surface area contributed by atoms with E-state index < -0.39 is 0 Å². The fourth-order valence-corrected chi connectivity index (χ4v) is 2.05. The van der Waals surface area contributed by atoms with Crippen molar-refractivity contribution in [2.75, 3.05) is 0 Å². The lowest BCUT2D eigenvalue weighted by Gasteiger charge is -1.97. The molecular weight excluding hydrogens is 210 g/mol. The van der Waals surface area contributed by atoms with Gasteiger partial charge >= 0.3 is 0 Å². The molecule has 17 heavy (non-hydrogen) atoms. The lowest BCUT2D eigenvalue weighted by Crippen LogP contribution is -1.88. The number of nitrogens with one attached hydrogen (secondary N) is 1. The number of H-pyrrole nitrogens is 1. The number of fused-ring (bicyclic) bond motifs is 1. The third kappa shape index (κ3) is 3.29. The Morgan fingerprint density at radius 2 is 1.88 bits per heavy atom. The number of hydrogen-bond acceptors (Lipinski definition) is 2. The van der Waals surface area contributed by atoms with Gasteiger partial charge in [0.15, 0.2) is 5.65 Å². The zero-order valence-electron chi connectivity index (χ0n) is 10.8. The van der Waals surface area contributed by atoms with Crippen LogP contribution in [0.1, 0.15) is 50.5 Å². The maximum absolute atomic E-state index is 4.52. The van der Waals surface area contributed by atoms with Crippen molar-refractivity contribution in [2.24, 2.45) is 0 Å². The molecule has 92 valence electrons. The van der Waals surface area contributed by atoms with E-state index in [0.29, 0.717) is 0 Å². The highest BCUT2D eigenvalue weighted by atomic mass is 15.0. The van der Waals surface area contributed by atoms with Crippen LogP contribution in [-0.2, 0) is 6.42 Å². The monoisotopic (exact) mass is 231 g/mol. The summed E-state index contributed by atoms with van der Waals surface area (Å²) in [5.41, 5.74) is 2.94. The standard InChI is InChI=1S/C14H21N3/c1-3-4-5-6-7-8-13-16-12-10-9-11(2)15-14(12)17-13/h9-10H,3-8H2,1-2H3,(H,15,16,17). The van der Waals surface area contributed by atoms with Gasteiger partial charge in [0.05, 0.1) is 5.52 Å². The van der Waals surface area contributed by atoms with Crippen LogP contribution in [0.3, 0.4) is 0 Å². The van der Waals surface area contributed by atoms with Gasteiger partial charge in [-0.3, -0.25) is 0 Å². The number of rotatable bonds is 6. The summed E-state index contributed by atoms with van der Waals surface area (Å²) in [5.74, 6) is 1.08. The zero-order chi connectivity index (χ0) is 12.1. The minimum Gasteiger partial charge on any atom is -0.341 e. The van der Waals surface area contributed by atoms with Gasteiger partial charge in [-0.15, -0.1) is 0 Å². The van der Waals surface area contributed by atoms with Crippen molar-refractivity contribution in [3.8, 4) is 0 Å². The Hall–Kier alpha value is -1.38. The van der Waals surface area contributed by atoms with Crippen molar-refractivity contribution in [1.29, 1.82) is 0 Å². The maximum atomic E-state index is 4.52. The van der Waals surface area contributed by atoms with E-state index in [1.54, 1.807) is 0 Å². The molecule has 2 aromatic rings. The van der Waals surface area contributed by atoms with Crippen LogP contribution in [0.25, 0.3) is 11.2 Å². The van der Waals surface area contributed by atoms with Crippen molar-refractivity contribution in [3.05, 3.63) is 23.7 Å². The van der Waals surface area contributed by atoms with Gasteiger partial charge < -0.3 is 4.98 Å². The highest BCUT2D eigenvalue weighted by Gasteiger charge is 2.03. The Balaban J connectivity index is 1.91. The van der Waals surface area contributed by atoms with Crippen LogP contribution >= 0.6 is 0 Å². The molecule has 3 heteroatoms. The van der Waals surface area contributed by atoms with Gasteiger partial charge in [-0.05, 0) is 25.5 Å². The molecule has 2 rings (SSSR count). The smallest absolute Gasteiger partial charge is 0.177 e. The van der Waals surface area contributed by atoms with Gasteiger partial charge in [0.1, 0.15) is 5.82 Å². The summed E-state index contributed by atoms with van der Waals surface area (Å²) in [6.45, 7) is 4.24. The molecule has 1 N–H and O–H groups in total. The fourth-order valence-electron chi connectivity index (χ4n) is 2.05. The van der Waals surface area contributed by atoms with Crippen LogP contribution in [0.4, 0.5) is 0 Å². The minimum atomic E-state index is 0.855. The molecule has 2 heterocycles. The lowest BCUT2D eigenvalue weighted by molar-refractivity contribution is 0.625. The van der Waals surface area contributed by atoms with E-state index in [0.717, 1.165) is 29.1 Å². The summed E-state index contributed by atoms with van der Waals surface area (Å²) in [6.07, 6.45) is 7.55. The van der Waals surface area contributed by atoms with E-state index in [1.807, 2.05) is 13.0 Å². The quantitative estimate of drug-likeness (QED) is 0.769. The number of nitrogens with zero attached hydrogens (tertiary/aromatic N) is 2. The van der Waals surface area contributed by atoms with Crippen LogP contribution in [-0.4, -0.2) is 15.0 Å². The number of aryl methyl sites for hydroxylation is 2. The van der Waals surface area contributed by atoms with Crippen molar-refractivity contribution in [1.82, 2.24) is 15.0 Å². The Bertz CT molecular complexity index is 473. The number of unbranched alkanes of at least 4 members (excludes halogenated alkanes) is 4. The van der Waals surface area contributed by atoms with Crippen LogP contribution in [0, 0.1) is 6.92 Å². The zero-order valence-corrected chi connectivity index (χ0v) is 10.8. The topological polar surface area (TPSA) is 41.6 Å². The highest BCUT2D eigenvalue weighted by molar-refractivity contribution is 5.70. The summed E-state index contributed by atoms with van der Waals surface area (Å²) in [6, 6.07) is 4.08. The second kappa shape index (κ2) is 5.80. The Morgan fingerprint density at radius 3 is 2.71 bits per heavy atom. The van der Waals surface area contributed by atoms with Gasteiger partial charge in [0.25, 0.3) is 0 Å². The van der Waals surface area contributed by atoms with Crippen LogP contribution < -0.4 is 0 Å². The molecule has 3 nitrogen and oxygen atoms in total. The lowest BCUT2D eigenvalue weighted by atomic mass is 10.1. The molecule has 0 aliphatic rings. The first-order valence-corrected chi connectivity index (χ1v) is 6.62. The normalized spacial score (nSPS) is 11.2. The van der Waals surface area contributed by atoms with Crippen LogP contribution in [0.5, 0.6) is 0 Å². The summed E-state index contributed by atoms with van der Waals surface area (Å²) in [4.78, 5) is 12.3. The van der Waals surface area contributed by atoms with E-state index in [2.05, 4.69) is 27.9 Å². The minimum absolute atomic E-state index is 0.855. The molecular formula is C14H21N3. The first-order valence-electron chi connectivity index (χ1n) is 6.62. The van der Waals surface area contributed by atoms with E-state index >= 15 is 0 Å². The molecule has 0 unspecified atom stereocenters. The molecule has 0 atom stereocenters. The van der Waals surface area contributed by atoms with E-state index in [-0.39, 0.29) is 0 Å². The predicted molar refractivity (Wildman–Crippen MR) is 71.1 cm³/mol. The highest BCUT2D eigenvalue weighted by Crippen LogP contribution is 2.12. The third-order valence-electron chi connectivity index (χ3n) is 3.05. The number of imidazole rings is 1. The second-order valence-corrected chi connectivity index (χ2v) is 4.67.